The lowest BCUT2D eigenvalue weighted by molar-refractivity contribution is 1.53. The van der Waals surface area contributed by atoms with Crippen molar-refractivity contribution in [3.05, 3.63) is 41.1 Å². The first-order valence-corrected chi connectivity index (χ1v) is 3.84. The van der Waals surface area contributed by atoms with Crippen molar-refractivity contribution in [1.29, 1.82) is 5.41 Å². The van der Waals surface area contributed by atoms with Gasteiger partial charge in [0.2, 0.25) is 0 Å². The largest absolute Gasteiger partial charge is 0.404 e. The molecule has 0 fully saturated rings. The van der Waals surface area contributed by atoms with Gasteiger partial charge in [-0.05, 0) is 17.7 Å². The summed E-state index contributed by atoms with van der Waals surface area (Å²) in [6.07, 6.45) is 2.59. The zero-order valence-electron chi connectivity index (χ0n) is 6.42. The number of allylic oxidation sites excluding steroid dienone is 1. The Morgan fingerprint density at radius 3 is 2.75 bits per heavy atom. The second-order valence-corrected chi connectivity index (χ2v) is 2.71. The zero-order chi connectivity index (χ0) is 8.97. The molecule has 0 amide bonds. The molecule has 0 heterocycles. The molecule has 2 nitrogen and oxygen atoms in total. The summed E-state index contributed by atoms with van der Waals surface area (Å²) in [5.41, 5.74) is 6.83. The first-order valence-electron chi connectivity index (χ1n) is 3.46. The SMILES string of the molecule is N=CC(=CN)c1cccc(Cl)c1. The second kappa shape index (κ2) is 3.93. The van der Waals surface area contributed by atoms with Gasteiger partial charge in [-0.3, -0.25) is 0 Å². The molecule has 0 atom stereocenters. The van der Waals surface area contributed by atoms with Crippen molar-refractivity contribution < 1.29 is 0 Å². The topological polar surface area (TPSA) is 49.9 Å². The van der Waals surface area contributed by atoms with Crippen LogP contribution in [0.4, 0.5) is 0 Å². The minimum absolute atomic E-state index is 0.647. The molecular weight excluding hydrogens is 172 g/mol. The van der Waals surface area contributed by atoms with E-state index in [1.165, 1.54) is 12.4 Å². The number of hydrogen-bond acceptors (Lipinski definition) is 2. The number of nitrogens with one attached hydrogen (secondary N) is 1. The van der Waals surface area contributed by atoms with Crippen molar-refractivity contribution in [3.8, 4) is 0 Å². The smallest absolute Gasteiger partial charge is 0.0412 e. The van der Waals surface area contributed by atoms with Crippen molar-refractivity contribution in [2.45, 2.75) is 0 Å². The van der Waals surface area contributed by atoms with E-state index in [2.05, 4.69) is 0 Å². The van der Waals surface area contributed by atoms with Crippen molar-refractivity contribution in [2.24, 2.45) is 5.73 Å². The molecule has 1 aromatic rings. The standard InChI is InChI=1S/C9H9ClN2/c10-9-3-1-2-7(4-9)8(5-11)6-12/h1-6,11H,12H2. The number of halogens is 1. The highest BCUT2D eigenvalue weighted by Crippen LogP contribution is 2.16. The lowest BCUT2D eigenvalue weighted by Gasteiger charge is -1.99. The molecule has 0 aliphatic carbocycles. The Kier molecular flexibility index (Phi) is 2.88. The molecule has 0 aliphatic heterocycles. The lowest BCUT2D eigenvalue weighted by atomic mass is 10.1. The van der Waals surface area contributed by atoms with Gasteiger partial charge in [-0.15, -0.1) is 0 Å². The van der Waals surface area contributed by atoms with Crippen LogP contribution in [0.25, 0.3) is 5.57 Å². The van der Waals surface area contributed by atoms with Crippen LogP contribution in [-0.4, -0.2) is 6.21 Å². The molecule has 0 aliphatic rings. The Labute approximate surface area is 76.2 Å². The van der Waals surface area contributed by atoms with Crippen LogP contribution in [0.15, 0.2) is 30.5 Å². The maximum Gasteiger partial charge on any atom is 0.0412 e. The van der Waals surface area contributed by atoms with E-state index in [1.807, 2.05) is 12.1 Å². The summed E-state index contributed by atoms with van der Waals surface area (Å²) in [4.78, 5) is 0. The normalized spacial score (nSPS) is 11.2. The first kappa shape index (κ1) is 8.81. The fourth-order valence-electron chi connectivity index (χ4n) is 0.896. The van der Waals surface area contributed by atoms with E-state index in [0.717, 1.165) is 5.56 Å². The average molecular weight is 181 g/mol. The molecule has 0 saturated carbocycles. The minimum atomic E-state index is 0.647. The van der Waals surface area contributed by atoms with Crippen molar-refractivity contribution in [1.82, 2.24) is 0 Å². The number of nitrogens with two attached hydrogens (primary N) is 1. The third-order valence-corrected chi connectivity index (χ3v) is 1.73. The van der Waals surface area contributed by atoms with Crippen molar-refractivity contribution in [3.63, 3.8) is 0 Å². The Morgan fingerprint density at radius 2 is 2.25 bits per heavy atom. The number of rotatable bonds is 2. The molecule has 1 rings (SSSR count). The van der Waals surface area contributed by atoms with Gasteiger partial charge in [0, 0.05) is 23.0 Å². The summed E-state index contributed by atoms with van der Waals surface area (Å²) < 4.78 is 0. The summed E-state index contributed by atoms with van der Waals surface area (Å²) in [7, 11) is 0. The van der Waals surface area contributed by atoms with E-state index in [-0.39, 0.29) is 0 Å². The molecule has 0 radical (unpaired) electrons. The Bertz CT molecular complexity index is 318. The predicted octanol–water partition coefficient (Wildman–Crippen LogP) is 2.29. The van der Waals surface area contributed by atoms with Crippen LogP contribution in [0.5, 0.6) is 0 Å². The maximum atomic E-state index is 7.05. The van der Waals surface area contributed by atoms with Crippen LogP contribution < -0.4 is 5.73 Å². The summed E-state index contributed by atoms with van der Waals surface area (Å²) >= 11 is 5.76. The predicted molar refractivity (Wildman–Crippen MR) is 52.4 cm³/mol. The first-order chi connectivity index (χ1) is 5.77. The average Bonchev–Trinajstić information content (AvgIpc) is 2.07. The van der Waals surface area contributed by atoms with Gasteiger partial charge < -0.3 is 11.1 Å². The fourth-order valence-corrected chi connectivity index (χ4v) is 1.09. The Hall–Kier alpha value is -1.28. The molecule has 0 bridgehead atoms. The number of hydrogen-bond donors (Lipinski definition) is 2. The fraction of sp³-hybridized carbons (Fsp3) is 0. The molecule has 0 spiro atoms. The monoisotopic (exact) mass is 180 g/mol. The lowest BCUT2D eigenvalue weighted by Crippen LogP contribution is -1.89. The van der Waals surface area contributed by atoms with Gasteiger partial charge in [-0.1, -0.05) is 23.7 Å². The van der Waals surface area contributed by atoms with Crippen LogP contribution in [0.3, 0.4) is 0 Å². The summed E-state index contributed by atoms with van der Waals surface area (Å²) in [5, 5.41) is 7.70. The van der Waals surface area contributed by atoms with Crippen molar-refractivity contribution >= 4 is 23.4 Å². The molecule has 62 valence electrons. The van der Waals surface area contributed by atoms with E-state index < -0.39 is 0 Å². The molecule has 0 aromatic heterocycles. The third kappa shape index (κ3) is 1.86. The van der Waals surface area contributed by atoms with Crippen LogP contribution in [-0.2, 0) is 0 Å². The quantitative estimate of drug-likeness (QED) is 0.675. The summed E-state index contributed by atoms with van der Waals surface area (Å²) in [6, 6.07) is 7.23. The van der Waals surface area contributed by atoms with Gasteiger partial charge in [-0.2, -0.15) is 0 Å². The maximum absolute atomic E-state index is 7.05. The van der Waals surface area contributed by atoms with Crippen LogP contribution in [0.1, 0.15) is 5.56 Å². The van der Waals surface area contributed by atoms with Crippen LogP contribution in [0, 0.1) is 5.41 Å². The van der Waals surface area contributed by atoms with Crippen LogP contribution in [0.2, 0.25) is 5.02 Å². The van der Waals surface area contributed by atoms with Gasteiger partial charge in [0.1, 0.15) is 0 Å². The van der Waals surface area contributed by atoms with E-state index in [9.17, 15) is 0 Å². The molecule has 1 aromatic carbocycles. The van der Waals surface area contributed by atoms with Gasteiger partial charge >= 0.3 is 0 Å². The van der Waals surface area contributed by atoms with Crippen molar-refractivity contribution in [2.75, 3.05) is 0 Å². The Morgan fingerprint density at radius 1 is 1.50 bits per heavy atom. The van der Waals surface area contributed by atoms with E-state index >= 15 is 0 Å². The zero-order valence-corrected chi connectivity index (χ0v) is 7.18. The van der Waals surface area contributed by atoms with Crippen LogP contribution >= 0.6 is 11.6 Å². The molecule has 3 N–H and O–H groups in total. The second-order valence-electron chi connectivity index (χ2n) is 2.28. The highest BCUT2D eigenvalue weighted by Gasteiger charge is 1.96. The molecule has 0 saturated heterocycles. The number of benzene rings is 1. The van der Waals surface area contributed by atoms with E-state index in [4.69, 9.17) is 22.7 Å². The van der Waals surface area contributed by atoms with Gasteiger partial charge in [0.25, 0.3) is 0 Å². The minimum Gasteiger partial charge on any atom is -0.404 e. The Balaban J connectivity index is 3.10. The van der Waals surface area contributed by atoms with Gasteiger partial charge in [0.05, 0.1) is 0 Å². The van der Waals surface area contributed by atoms with E-state index in [0.29, 0.717) is 10.6 Å². The third-order valence-electron chi connectivity index (χ3n) is 1.49. The molecule has 0 unspecified atom stereocenters. The van der Waals surface area contributed by atoms with Gasteiger partial charge in [-0.25, -0.2) is 0 Å². The highest BCUT2D eigenvalue weighted by atomic mass is 35.5. The molecular formula is C9H9ClN2. The highest BCUT2D eigenvalue weighted by molar-refractivity contribution is 6.31. The summed E-state index contributed by atoms with van der Waals surface area (Å²) in [5.74, 6) is 0. The van der Waals surface area contributed by atoms with E-state index in [1.54, 1.807) is 12.1 Å². The molecule has 3 heteroatoms. The molecule has 12 heavy (non-hydrogen) atoms. The summed E-state index contributed by atoms with van der Waals surface area (Å²) in [6.45, 7) is 0. The van der Waals surface area contributed by atoms with Gasteiger partial charge in [0.15, 0.2) is 0 Å².